The first-order valence-electron chi connectivity index (χ1n) is 5.29. The van der Waals surface area contributed by atoms with Gasteiger partial charge in [0.15, 0.2) is 23.4 Å². The molecule has 17 heavy (non-hydrogen) atoms. The number of para-hydroxylation sites is 2. The Balaban J connectivity index is 1.89. The number of ether oxygens (including phenoxy) is 2. The molecule has 1 aliphatic rings. The van der Waals surface area contributed by atoms with E-state index in [0.29, 0.717) is 24.1 Å². The van der Waals surface area contributed by atoms with E-state index in [1.807, 2.05) is 24.3 Å². The lowest BCUT2D eigenvalue weighted by molar-refractivity contribution is 0.0850. The monoisotopic (exact) mass is 232 g/mol. The summed E-state index contributed by atoms with van der Waals surface area (Å²) in [6.45, 7) is 0.389. The summed E-state index contributed by atoms with van der Waals surface area (Å²) >= 11 is 0. The summed E-state index contributed by atoms with van der Waals surface area (Å²) < 4.78 is 12.9. The zero-order valence-electron chi connectivity index (χ0n) is 9.33. The second-order valence-electron chi connectivity index (χ2n) is 3.82. The van der Waals surface area contributed by atoms with Crippen LogP contribution in [0.3, 0.4) is 0 Å². The quantitative estimate of drug-likeness (QED) is 0.791. The smallest absolute Gasteiger partial charge is 0.218 e. The number of aromatic nitrogens is 3. The van der Waals surface area contributed by atoms with Crippen LogP contribution in [0.1, 0.15) is 11.9 Å². The summed E-state index contributed by atoms with van der Waals surface area (Å²) in [6.07, 6.45) is -0.312. The zero-order valence-corrected chi connectivity index (χ0v) is 9.33. The van der Waals surface area contributed by atoms with Crippen molar-refractivity contribution in [3.8, 4) is 11.5 Å². The minimum Gasteiger partial charge on any atom is -0.485 e. The number of hydrogen-bond acceptors (Lipinski definition) is 5. The highest BCUT2D eigenvalue weighted by atomic mass is 16.6. The average Bonchev–Trinajstić information content (AvgIpc) is 2.69. The van der Waals surface area contributed by atoms with Crippen LogP contribution in [-0.2, 0) is 7.05 Å². The molecule has 0 spiro atoms. The predicted molar refractivity (Wildman–Crippen MR) is 60.7 cm³/mol. The molecular weight excluding hydrogens is 220 g/mol. The van der Waals surface area contributed by atoms with E-state index < -0.39 is 0 Å². The third kappa shape index (κ3) is 1.67. The number of nitrogens with two attached hydrogens (primary N) is 1. The highest BCUT2D eigenvalue weighted by Gasteiger charge is 2.26. The van der Waals surface area contributed by atoms with Crippen molar-refractivity contribution in [1.82, 2.24) is 14.8 Å². The highest BCUT2D eigenvalue weighted by molar-refractivity contribution is 5.41. The molecule has 1 atom stereocenters. The van der Waals surface area contributed by atoms with Crippen molar-refractivity contribution in [1.29, 1.82) is 0 Å². The van der Waals surface area contributed by atoms with Crippen LogP contribution in [0.2, 0.25) is 0 Å². The van der Waals surface area contributed by atoms with Gasteiger partial charge in [0.2, 0.25) is 5.95 Å². The van der Waals surface area contributed by atoms with Crippen LogP contribution in [0.4, 0.5) is 5.95 Å². The molecular formula is C11H12N4O2. The third-order valence-electron chi connectivity index (χ3n) is 2.61. The Hall–Kier alpha value is -2.24. The topological polar surface area (TPSA) is 75.2 Å². The van der Waals surface area contributed by atoms with E-state index in [1.165, 1.54) is 4.68 Å². The van der Waals surface area contributed by atoms with Crippen molar-refractivity contribution in [3.63, 3.8) is 0 Å². The van der Waals surface area contributed by atoms with E-state index >= 15 is 0 Å². The summed E-state index contributed by atoms with van der Waals surface area (Å²) in [4.78, 5) is 4.13. The molecule has 6 nitrogen and oxygen atoms in total. The number of aryl methyl sites for hydroxylation is 1. The average molecular weight is 232 g/mol. The normalized spacial score (nSPS) is 18.1. The molecule has 1 aromatic carbocycles. The number of hydrogen-bond donors (Lipinski definition) is 1. The summed E-state index contributed by atoms with van der Waals surface area (Å²) in [5.74, 6) is 2.35. The number of rotatable bonds is 1. The molecule has 1 aliphatic heterocycles. The Morgan fingerprint density at radius 1 is 1.35 bits per heavy atom. The highest BCUT2D eigenvalue weighted by Crippen LogP contribution is 2.34. The van der Waals surface area contributed by atoms with Crippen LogP contribution < -0.4 is 15.2 Å². The van der Waals surface area contributed by atoms with E-state index in [4.69, 9.17) is 15.2 Å². The van der Waals surface area contributed by atoms with Gasteiger partial charge < -0.3 is 15.2 Å². The second-order valence-corrected chi connectivity index (χ2v) is 3.82. The van der Waals surface area contributed by atoms with Crippen molar-refractivity contribution >= 4 is 5.95 Å². The van der Waals surface area contributed by atoms with Crippen molar-refractivity contribution in [2.24, 2.45) is 7.05 Å². The molecule has 0 bridgehead atoms. The largest absolute Gasteiger partial charge is 0.485 e. The van der Waals surface area contributed by atoms with Crippen LogP contribution in [0.5, 0.6) is 11.5 Å². The molecule has 0 aliphatic carbocycles. The van der Waals surface area contributed by atoms with E-state index in [0.717, 1.165) is 5.75 Å². The second kappa shape index (κ2) is 3.65. The first-order valence-corrected chi connectivity index (χ1v) is 5.29. The lowest BCUT2D eigenvalue weighted by Gasteiger charge is -2.24. The molecule has 1 aromatic heterocycles. The fourth-order valence-electron chi connectivity index (χ4n) is 1.70. The van der Waals surface area contributed by atoms with E-state index in [-0.39, 0.29) is 6.10 Å². The molecule has 88 valence electrons. The molecule has 0 fully saturated rings. The van der Waals surface area contributed by atoms with Gasteiger partial charge in [-0.15, -0.1) is 0 Å². The van der Waals surface area contributed by atoms with E-state index in [1.54, 1.807) is 7.05 Å². The Morgan fingerprint density at radius 3 is 2.82 bits per heavy atom. The molecule has 0 amide bonds. The zero-order chi connectivity index (χ0) is 11.8. The molecule has 0 saturated heterocycles. The Kier molecular flexibility index (Phi) is 2.14. The fourth-order valence-corrected chi connectivity index (χ4v) is 1.70. The molecule has 1 unspecified atom stereocenters. The molecule has 0 saturated carbocycles. The van der Waals surface area contributed by atoms with Gasteiger partial charge in [0.05, 0.1) is 0 Å². The van der Waals surface area contributed by atoms with E-state index in [9.17, 15) is 0 Å². The first kappa shape index (κ1) is 9.95. The molecule has 3 rings (SSSR count). The minimum absolute atomic E-state index is 0.312. The lowest BCUT2D eigenvalue weighted by atomic mass is 10.2. The maximum atomic E-state index is 5.77. The van der Waals surface area contributed by atoms with Gasteiger partial charge in [0.25, 0.3) is 0 Å². The molecule has 2 heterocycles. The molecule has 6 heteroatoms. The summed E-state index contributed by atoms with van der Waals surface area (Å²) in [7, 11) is 1.74. The van der Waals surface area contributed by atoms with Crippen molar-refractivity contribution in [2.75, 3.05) is 12.3 Å². The number of nitrogens with zero attached hydrogens (tertiary/aromatic N) is 3. The van der Waals surface area contributed by atoms with Crippen molar-refractivity contribution in [2.45, 2.75) is 6.10 Å². The first-order chi connectivity index (χ1) is 8.24. The van der Waals surface area contributed by atoms with Gasteiger partial charge in [-0.1, -0.05) is 12.1 Å². The van der Waals surface area contributed by atoms with Crippen molar-refractivity contribution in [3.05, 3.63) is 30.1 Å². The summed E-state index contributed by atoms with van der Waals surface area (Å²) in [6, 6.07) is 7.52. The van der Waals surface area contributed by atoms with Crippen LogP contribution in [0.25, 0.3) is 0 Å². The van der Waals surface area contributed by atoms with Gasteiger partial charge in [-0.25, -0.2) is 4.68 Å². The lowest BCUT2D eigenvalue weighted by Crippen LogP contribution is -2.22. The predicted octanol–water partition coefficient (Wildman–Crippen LogP) is 0.910. The van der Waals surface area contributed by atoms with Crippen molar-refractivity contribution < 1.29 is 9.47 Å². The number of fused-ring (bicyclic) bond motifs is 1. The van der Waals surface area contributed by atoms with Gasteiger partial charge in [-0.05, 0) is 12.1 Å². The summed E-state index contributed by atoms with van der Waals surface area (Å²) in [5, 5.41) is 4.18. The molecule has 2 aromatic rings. The Bertz CT molecular complexity index is 533. The number of nitrogen functional groups attached to an aromatic ring is 1. The SMILES string of the molecule is Cn1nc(C2COc3ccccc3O2)nc1N. The van der Waals surface area contributed by atoms with Gasteiger partial charge in [0.1, 0.15) is 6.61 Å². The van der Waals surface area contributed by atoms with E-state index in [2.05, 4.69) is 10.1 Å². The standard InChI is InChI=1S/C11H12N4O2/c1-15-11(12)13-10(14-15)9-6-16-7-4-2-3-5-8(7)17-9/h2-5,9H,6H2,1H3,(H2,12,13,14). The maximum absolute atomic E-state index is 5.77. The van der Waals surface area contributed by atoms with Gasteiger partial charge in [-0.2, -0.15) is 10.1 Å². The maximum Gasteiger partial charge on any atom is 0.218 e. The van der Waals surface area contributed by atoms with Crippen LogP contribution in [-0.4, -0.2) is 21.4 Å². The Labute approximate surface area is 98.0 Å². The third-order valence-corrected chi connectivity index (χ3v) is 2.61. The fraction of sp³-hybridized carbons (Fsp3) is 0.273. The number of benzene rings is 1. The van der Waals surface area contributed by atoms with Gasteiger partial charge in [0, 0.05) is 7.05 Å². The van der Waals surface area contributed by atoms with Crippen LogP contribution in [0.15, 0.2) is 24.3 Å². The number of anilines is 1. The summed E-state index contributed by atoms with van der Waals surface area (Å²) in [5.41, 5.74) is 5.63. The Morgan fingerprint density at radius 2 is 2.12 bits per heavy atom. The molecule has 0 radical (unpaired) electrons. The minimum atomic E-state index is -0.312. The van der Waals surface area contributed by atoms with Gasteiger partial charge in [-0.3, -0.25) is 0 Å². The van der Waals surface area contributed by atoms with Crippen LogP contribution in [0, 0.1) is 0 Å². The van der Waals surface area contributed by atoms with Crippen LogP contribution >= 0.6 is 0 Å². The molecule has 2 N–H and O–H groups in total. The van der Waals surface area contributed by atoms with Gasteiger partial charge >= 0.3 is 0 Å².